The number of halogens is 1. The Morgan fingerprint density at radius 1 is 1.54 bits per heavy atom. The highest BCUT2D eigenvalue weighted by atomic mass is 79.9. The number of fused-ring (bicyclic) bond motifs is 1. The fourth-order valence-corrected chi connectivity index (χ4v) is 1.30. The standard InChI is InChI=1S/C7H7BrN4O/c1-4-2-6(13)12-7(9-4)10-5(3-8)11-12/h2,13H,3H2,1H3. The summed E-state index contributed by atoms with van der Waals surface area (Å²) < 4.78 is 1.31. The Balaban J connectivity index is 2.75. The van der Waals surface area contributed by atoms with Gasteiger partial charge in [-0.15, -0.1) is 5.10 Å². The van der Waals surface area contributed by atoms with Crippen molar-refractivity contribution in [1.82, 2.24) is 19.6 Å². The summed E-state index contributed by atoms with van der Waals surface area (Å²) in [7, 11) is 0. The number of aryl methyl sites for hydroxylation is 1. The maximum Gasteiger partial charge on any atom is 0.255 e. The molecule has 0 aliphatic carbocycles. The fraction of sp³-hybridized carbons (Fsp3) is 0.286. The van der Waals surface area contributed by atoms with Gasteiger partial charge in [-0.25, -0.2) is 4.98 Å². The number of aromatic hydroxyl groups is 1. The van der Waals surface area contributed by atoms with E-state index in [0.717, 1.165) is 5.69 Å². The zero-order valence-corrected chi connectivity index (χ0v) is 8.48. The molecule has 0 saturated carbocycles. The number of hydrogen-bond acceptors (Lipinski definition) is 4. The van der Waals surface area contributed by atoms with Crippen LogP contribution >= 0.6 is 15.9 Å². The number of hydrogen-bond donors (Lipinski definition) is 1. The van der Waals surface area contributed by atoms with E-state index in [1.165, 1.54) is 4.52 Å². The van der Waals surface area contributed by atoms with Crippen molar-refractivity contribution in [3.63, 3.8) is 0 Å². The van der Waals surface area contributed by atoms with Crippen molar-refractivity contribution >= 4 is 21.7 Å². The van der Waals surface area contributed by atoms with Gasteiger partial charge < -0.3 is 5.11 Å². The van der Waals surface area contributed by atoms with Crippen LogP contribution < -0.4 is 0 Å². The van der Waals surface area contributed by atoms with Crippen molar-refractivity contribution in [2.75, 3.05) is 0 Å². The molecule has 0 radical (unpaired) electrons. The number of rotatable bonds is 1. The Kier molecular flexibility index (Phi) is 1.91. The van der Waals surface area contributed by atoms with Crippen molar-refractivity contribution in [2.24, 2.45) is 0 Å². The van der Waals surface area contributed by atoms with Crippen LogP contribution in [0, 0.1) is 6.92 Å². The van der Waals surface area contributed by atoms with Gasteiger partial charge >= 0.3 is 0 Å². The molecular formula is C7H7BrN4O. The van der Waals surface area contributed by atoms with Gasteiger partial charge in [0.1, 0.15) is 0 Å². The van der Waals surface area contributed by atoms with E-state index in [9.17, 15) is 5.11 Å². The van der Waals surface area contributed by atoms with Crippen LogP contribution in [0.2, 0.25) is 0 Å². The molecule has 0 amide bonds. The van der Waals surface area contributed by atoms with E-state index in [0.29, 0.717) is 16.9 Å². The van der Waals surface area contributed by atoms with E-state index in [4.69, 9.17) is 0 Å². The van der Waals surface area contributed by atoms with Gasteiger partial charge in [0.05, 0.1) is 5.33 Å². The SMILES string of the molecule is Cc1cc(O)n2nc(CBr)nc2n1. The number of alkyl halides is 1. The van der Waals surface area contributed by atoms with E-state index in [1.54, 1.807) is 13.0 Å². The number of aromatic nitrogens is 4. The molecule has 2 aromatic rings. The van der Waals surface area contributed by atoms with Crippen LogP contribution in [-0.4, -0.2) is 24.7 Å². The largest absolute Gasteiger partial charge is 0.493 e. The third-order valence-corrected chi connectivity index (χ3v) is 2.09. The Bertz CT molecular complexity index is 453. The van der Waals surface area contributed by atoms with Gasteiger partial charge in [0.2, 0.25) is 5.88 Å². The Hall–Kier alpha value is -1.17. The van der Waals surface area contributed by atoms with Crippen molar-refractivity contribution in [2.45, 2.75) is 12.3 Å². The minimum Gasteiger partial charge on any atom is -0.493 e. The fourth-order valence-electron chi connectivity index (χ4n) is 1.07. The highest BCUT2D eigenvalue weighted by Gasteiger charge is 2.07. The van der Waals surface area contributed by atoms with Gasteiger partial charge in [-0.2, -0.15) is 9.50 Å². The maximum atomic E-state index is 9.47. The van der Waals surface area contributed by atoms with Crippen LogP contribution in [0.15, 0.2) is 6.07 Å². The average Bonchev–Trinajstić information content (AvgIpc) is 2.47. The molecule has 0 spiro atoms. The van der Waals surface area contributed by atoms with Crippen LogP contribution in [0.4, 0.5) is 0 Å². The van der Waals surface area contributed by atoms with Crippen LogP contribution in [0.25, 0.3) is 5.78 Å². The van der Waals surface area contributed by atoms with Crippen LogP contribution in [0.3, 0.4) is 0 Å². The summed E-state index contributed by atoms with van der Waals surface area (Å²) in [6.07, 6.45) is 0. The smallest absolute Gasteiger partial charge is 0.255 e. The lowest BCUT2D eigenvalue weighted by Crippen LogP contribution is -1.93. The first-order valence-electron chi connectivity index (χ1n) is 3.69. The quantitative estimate of drug-likeness (QED) is 0.760. The maximum absolute atomic E-state index is 9.47. The number of nitrogens with zero attached hydrogens (tertiary/aromatic N) is 4. The third-order valence-electron chi connectivity index (χ3n) is 1.58. The zero-order valence-electron chi connectivity index (χ0n) is 6.90. The lowest BCUT2D eigenvalue weighted by atomic mass is 10.4. The van der Waals surface area contributed by atoms with Gasteiger partial charge in [0, 0.05) is 11.8 Å². The molecule has 0 aromatic carbocycles. The first-order valence-corrected chi connectivity index (χ1v) is 4.81. The van der Waals surface area contributed by atoms with E-state index in [2.05, 4.69) is 31.0 Å². The summed E-state index contributed by atoms with van der Waals surface area (Å²) in [4.78, 5) is 8.20. The van der Waals surface area contributed by atoms with E-state index in [-0.39, 0.29) is 5.88 Å². The molecule has 68 valence electrons. The summed E-state index contributed by atoms with van der Waals surface area (Å²) in [5.41, 5.74) is 0.721. The minimum absolute atomic E-state index is 0.0576. The molecule has 5 nitrogen and oxygen atoms in total. The van der Waals surface area contributed by atoms with Crippen LogP contribution in [-0.2, 0) is 5.33 Å². The molecule has 0 saturated heterocycles. The van der Waals surface area contributed by atoms with Gasteiger partial charge in [0.15, 0.2) is 5.82 Å². The van der Waals surface area contributed by atoms with Gasteiger partial charge in [-0.3, -0.25) is 0 Å². The van der Waals surface area contributed by atoms with E-state index in [1.807, 2.05) is 0 Å². The van der Waals surface area contributed by atoms with Crippen LogP contribution in [0.1, 0.15) is 11.5 Å². The molecule has 0 aliphatic rings. The molecule has 1 N–H and O–H groups in total. The minimum atomic E-state index is 0.0576. The topological polar surface area (TPSA) is 63.3 Å². The molecule has 2 rings (SSSR count). The monoisotopic (exact) mass is 242 g/mol. The zero-order chi connectivity index (χ0) is 9.42. The lowest BCUT2D eigenvalue weighted by Gasteiger charge is -1.95. The molecule has 0 bridgehead atoms. The first-order chi connectivity index (χ1) is 6.20. The summed E-state index contributed by atoms with van der Waals surface area (Å²) in [5, 5.41) is 14.0. The average molecular weight is 243 g/mol. The summed E-state index contributed by atoms with van der Waals surface area (Å²) >= 11 is 3.23. The highest BCUT2D eigenvalue weighted by Crippen LogP contribution is 2.12. The van der Waals surface area contributed by atoms with Crippen molar-refractivity contribution in [3.05, 3.63) is 17.6 Å². The molecule has 13 heavy (non-hydrogen) atoms. The molecule has 2 heterocycles. The van der Waals surface area contributed by atoms with Gasteiger partial charge in [0.25, 0.3) is 5.78 Å². The second-order valence-electron chi connectivity index (χ2n) is 2.63. The molecule has 0 aliphatic heterocycles. The third kappa shape index (κ3) is 1.37. The summed E-state index contributed by atoms with van der Waals surface area (Å²) in [6.45, 7) is 1.79. The predicted molar refractivity (Wildman–Crippen MR) is 49.8 cm³/mol. The molecule has 6 heteroatoms. The Morgan fingerprint density at radius 2 is 2.31 bits per heavy atom. The summed E-state index contributed by atoms with van der Waals surface area (Å²) in [5.74, 6) is 1.09. The molecule has 0 atom stereocenters. The van der Waals surface area contributed by atoms with E-state index < -0.39 is 0 Å². The highest BCUT2D eigenvalue weighted by molar-refractivity contribution is 9.08. The molecule has 0 unspecified atom stereocenters. The molecular weight excluding hydrogens is 236 g/mol. The second-order valence-corrected chi connectivity index (χ2v) is 3.19. The van der Waals surface area contributed by atoms with Gasteiger partial charge in [-0.05, 0) is 6.92 Å². The second kappa shape index (κ2) is 2.95. The van der Waals surface area contributed by atoms with Crippen molar-refractivity contribution in [3.8, 4) is 5.88 Å². The molecule has 2 aromatic heterocycles. The first kappa shape index (κ1) is 8.43. The Morgan fingerprint density at radius 3 is 3.00 bits per heavy atom. The molecule has 0 fully saturated rings. The van der Waals surface area contributed by atoms with Crippen molar-refractivity contribution < 1.29 is 5.11 Å². The van der Waals surface area contributed by atoms with Crippen molar-refractivity contribution in [1.29, 1.82) is 0 Å². The van der Waals surface area contributed by atoms with Crippen LogP contribution in [0.5, 0.6) is 5.88 Å². The normalized spacial score (nSPS) is 10.9. The lowest BCUT2D eigenvalue weighted by molar-refractivity contribution is 0.434. The van der Waals surface area contributed by atoms with E-state index >= 15 is 0 Å². The predicted octanol–water partition coefficient (Wildman–Crippen LogP) is 1.03. The van der Waals surface area contributed by atoms with Gasteiger partial charge in [-0.1, -0.05) is 15.9 Å². The Labute approximate surface area is 82.6 Å². The summed E-state index contributed by atoms with van der Waals surface area (Å²) in [6, 6.07) is 1.54.